The highest BCUT2D eigenvalue weighted by Gasteiger charge is 2.18. The number of nitro groups is 1. The average molecular weight is 295 g/mol. The molecule has 0 aromatic heterocycles. The Balaban J connectivity index is 2.47. The molecule has 0 bridgehead atoms. The van der Waals surface area contributed by atoms with E-state index in [1.165, 1.54) is 24.3 Å². The third kappa shape index (κ3) is 5.19. The highest BCUT2D eigenvalue weighted by Crippen LogP contribution is 2.17. The summed E-state index contributed by atoms with van der Waals surface area (Å²) in [6.45, 7) is 3.26. The average Bonchev–Trinajstić information content (AvgIpc) is 2.44. The number of carbonyl (C=O) groups is 2. The molecule has 1 rings (SSSR count). The molecule has 0 radical (unpaired) electrons. The summed E-state index contributed by atoms with van der Waals surface area (Å²) in [5, 5.41) is 12.8. The fourth-order valence-corrected chi connectivity index (χ4v) is 1.38. The number of non-ortho nitro benzene ring substituents is 1. The van der Waals surface area contributed by atoms with Gasteiger partial charge < -0.3 is 15.8 Å². The number of hydrogen-bond donors (Lipinski definition) is 2. The van der Waals surface area contributed by atoms with Gasteiger partial charge in [-0.3, -0.25) is 14.9 Å². The Morgan fingerprint density at radius 3 is 2.38 bits per heavy atom. The van der Waals surface area contributed by atoms with Crippen LogP contribution < -0.4 is 15.8 Å². The SMILES string of the molecule is CC(C)[C@H](N)C(=O)NCC(=O)Oc1ccc([N+](=O)[O-])cc1. The van der Waals surface area contributed by atoms with Crippen LogP contribution in [0.3, 0.4) is 0 Å². The van der Waals surface area contributed by atoms with Gasteiger partial charge in [0.25, 0.3) is 5.69 Å². The Bertz CT molecular complexity index is 527. The van der Waals surface area contributed by atoms with E-state index >= 15 is 0 Å². The van der Waals surface area contributed by atoms with Crippen LogP contribution in [0.1, 0.15) is 13.8 Å². The van der Waals surface area contributed by atoms with E-state index in [0.717, 1.165) is 0 Å². The van der Waals surface area contributed by atoms with Crippen molar-refractivity contribution in [3.63, 3.8) is 0 Å². The molecule has 0 aliphatic rings. The molecule has 1 amide bonds. The van der Waals surface area contributed by atoms with E-state index in [9.17, 15) is 19.7 Å². The largest absolute Gasteiger partial charge is 0.425 e. The number of rotatable bonds is 6. The number of benzene rings is 1. The summed E-state index contributed by atoms with van der Waals surface area (Å²) in [6.07, 6.45) is 0. The Labute approximate surface area is 121 Å². The number of ether oxygens (including phenoxy) is 1. The van der Waals surface area contributed by atoms with Crippen LogP contribution in [-0.2, 0) is 9.59 Å². The van der Waals surface area contributed by atoms with Crippen molar-refractivity contribution in [1.29, 1.82) is 0 Å². The van der Waals surface area contributed by atoms with Crippen LogP contribution in [0.4, 0.5) is 5.69 Å². The van der Waals surface area contributed by atoms with Crippen LogP contribution >= 0.6 is 0 Å². The first-order chi connectivity index (χ1) is 9.81. The van der Waals surface area contributed by atoms with Gasteiger partial charge in [-0.1, -0.05) is 13.8 Å². The topological polar surface area (TPSA) is 125 Å². The quantitative estimate of drug-likeness (QED) is 0.342. The maximum Gasteiger partial charge on any atom is 0.330 e. The summed E-state index contributed by atoms with van der Waals surface area (Å²) in [5.74, 6) is -1.01. The molecule has 0 saturated carbocycles. The molecule has 8 heteroatoms. The Morgan fingerprint density at radius 1 is 1.33 bits per heavy atom. The second-order valence-corrected chi connectivity index (χ2v) is 4.71. The van der Waals surface area contributed by atoms with E-state index < -0.39 is 22.8 Å². The first kappa shape index (κ1) is 16.6. The Hall–Kier alpha value is -2.48. The van der Waals surface area contributed by atoms with Crippen molar-refractivity contribution in [1.82, 2.24) is 5.32 Å². The van der Waals surface area contributed by atoms with E-state index in [-0.39, 0.29) is 23.9 Å². The van der Waals surface area contributed by atoms with Crippen LogP contribution in [0.15, 0.2) is 24.3 Å². The second-order valence-electron chi connectivity index (χ2n) is 4.71. The molecule has 114 valence electrons. The number of amides is 1. The second kappa shape index (κ2) is 7.34. The molecule has 21 heavy (non-hydrogen) atoms. The van der Waals surface area contributed by atoms with Gasteiger partial charge >= 0.3 is 5.97 Å². The van der Waals surface area contributed by atoms with E-state index in [0.29, 0.717) is 0 Å². The van der Waals surface area contributed by atoms with Gasteiger partial charge in [0, 0.05) is 12.1 Å². The third-order valence-electron chi connectivity index (χ3n) is 2.71. The maximum atomic E-state index is 11.5. The van der Waals surface area contributed by atoms with Crippen molar-refractivity contribution >= 4 is 17.6 Å². The summed E-state index contributed by atoms with van der Waals surface area (Å²) >= 11 is 0. The predicted octanol–water partition coefficient (Wildman–Crippen LogP) is 0.600. The van der Waals surface area contributed by atoms with E-state index in [2.05, 4.69) is 5.32 Å². The summed E-state index contributed by atoms with van der Waals surface area (Å²) in [6, 6.07) is 4.35. The number of nitrogens with zero attached hydrogens (tertiary/aromatic N) is 1. The molecule has 0 unspecified atom stereocenters. The molecule has 0 heterocycles. The molecule has 1 aromatic rings. The number of nitro benzene ring substituents is 1. The molecule has 0 fully saturated rings. The molecule has 1 aromatic carbocycles. The first-order valence-electron chi connectivity index (χ1n) is 6.29. The lowest BCUT2D eigenvalue weighted by atomic mass is 10.1. The van der Waals surface area contributed by atoms with Crippen molar-refractivity contribution in [3.05, 3.63) is 34.4 Å². The van der Waals surface area contributed by atoms with Crippen molar-refractivity contribution in [3.8, 4) is 5.75 Å². The minimum atomic E-state index is -0.697. The van der Waals surface area contributed by atoms with Crippen LogP contribution in [-0.4, -0.2) is 29.4 Å². The molecule has 0 aliphatic heterocycles. The van der Waals surface area contributed by atoms with Crippen LogP contribution in [0.5, 0.6) is 5.75 Å². The molecular formula is C13H17N3O5. The van der Waals surface area contributed by atoms with Gasteiger partial charge in [-0.05, 0) is 18.1 Å². The Morgan fingerprint density at radius 2 is 1.90 bits per heavy atom. The zero-order valence-corrected chi connectivity index (χ0v) is 11.7. The summed E-state index contributed by atoms with van der Waals surface area (Å²) in [7, 11) is 0. The monoisotopic (exact) mass is 295 g/mol. The highest BCUT2D eigenvalue weighted by atomic mass is 16.6. The normalized spacial score (nSPS) is 11.8. The van der Waals surface area contributed by atoms with Crippen LogP contribution in [0, 0.1) is 16.0 Å². The molecule has 0 spiro atoms. The zero-order valence-electron chi connectivity index (χ0n) is 11.7. The van der Waals surface area contributed by atoms with Crippen molar-refractivity contribution < 1.29 is 19.2 Å². The number of nitrogens with two attached hydrogens (primary N) is 1. The minimum Gasteiger partial charge on any atom is -0.425 e. The molecule has 0 aliphatic carbocycles. The summed E-state index contributed by atoms with van der Waals surface area (Å²) in [5.41, 5.74) is 5.51. The van der Waals surface area contributed by atoms with E-state index in [1.54, 1.807) is 13.8 Å². The van der Waals surface area contributed by atoms with Gasteiger partial charge in [-0.25, -0.2) is 4.79 Å². The van der Waals surface area contributed by atoms with Gasteiger partial charge in [0.15, 0.2) is 0 Å². The lowest BCUT2D eigenvalue weighted by Crippen LogP contribution is -2.46. The highest BCUT2D eigenvalue weighted by molar-refractivity contribution is 5.86. The van der Waals surface area contributed by atoms with E-state index in [4.69, 9.17) is 10.5 Å². The number of hydrogen-bond acceptors (Lipinski definition) is 6. The number of carbonyl (C=O) groups excluding carboxylic acids is 2. The third-order valence-corrected chi connectivity index (χ3v) is 2.71. The number of esters is 1. The van der Waals surface area contributed by atoms with Crippen molar-refractivity contribution in [2.75, 3.05) is 6.54 Å². The van der Waals surface area contributed by atoms with Gasteiger partial charge in [-0.2, -0.15) is 0 Å². The maximum absolute atomic E-state index is 11.5. The van der Waals surface area contributed by atoms with E-state index in [1.807, 2.05) is 0 Å². The van der Waals surface area contributed by atoms with Crippen LogP contribution in [0.2, 0.25) is 0 Å². The Kier molecular flexibility index (Phi) is 5.79. The minimum absolute atomic E-state index is 0.0457. The zero-order chi connectivity index (χ0) is 16.0. The van der Waals surface area contributed by atoms with Crippen molar-refractivity contribution in [2.24, 2.45) is 11.7 Å². The summed E-state index contributed by atoms with van der Waals surface area (Å²) < 4.78 is 4.92. The lowest BCUT2D eigenvalue weighted by Gasteiger charge is -2.14. The molecule has 0 saturated heterocycles. The fraction of sp³-hybridized carbons (Fsp3) is 0.385. The standard InChI is InChI=1S/C13H17N3O5/c1-8(2)12(14)13(18)15-7-11(17)21-10-5-3-9(4-6-10)16(19)20/h3-6,8,12H,7,14H2,1-2H3,(H,15,18)/t12-/m0/s1. The predicted molar refractivity (Wildman–Crippen MR) is 74.6 cm³/mol. The molecule has 8 nitrogen and oxygen atoms in total. The van der Waals surface area contributed by atoms with Gasteiger partial charge in [-0.15, -0.1) is 0 Å². The van der Waals surface area contributed by atoms with Gasteiger partial charge in [0.1, 0.15) is 12.3 Å². The first-order valence-corrected chi connectivity index (χ1v) is 6.29. The van der Waals surface area contributed by atoms with Crippen LogP contribution in [0.25, 0.3) is 0 Å². The molecule has 1 atom stereocenters. The van der Waals surface area contributed by atoms with Gasteiger partial charge in [0.05, 0.1) is 11.0 Å². The lowest BCUT2D eigenvalue weighted by molar-refractivity contribution is -0.384. The molecule has 3 N–H and O–H groups in total. The van der Waals surface area contributed by atoms with Crippen molar-refractivity contribution in [2.45, 2.75) is 19.9 Å². The molecular weight excluding hydrogens is 278 g/mol. The smallest absolute Gasteiger partial charge is 0.330 e. The summed E-state index contributed by atoms with van der Waals surface area (Å²) in [4.78, 5) is 33.0. The fourth-order valence-electron chi connectivity index (χ4n) is 1.38. The van der Waals surface area contributed by atoms with Gasteiger partial charge in [0.2, 0.25) is 5.91 Å². The number of nitrogens with one attached hydrogen (secondary N) is 1.